The van der Waals surface area contributed by atoms with Crippen LogP contribution in [0.2, 0.25) is 0 Å². The maximum absolute atomic E-state index is 12.4. The van der Waals surface area contributed by atoms with Crippen LogP contribution in [0, 0.1) is 13.8 Å². The number of carbonyl (C=O) groups excluding carboxylic acids is 1. The van der Waals surface area contributed by atoms with Gasteiger partial charge >= 0.3 is 0 Å². The van der Waals surface area contributed by atoms with Crippen molar-refractivity contribution in [3.8, 4) is 0 Å². The fourth-order valence-corrected chi connectivity index (χ4v) is 4.16. The minimum atomic E-state index is -3.53. The number of aromatic nitrogens is 4. The number of sulfonamides is 1. The van der Waals surface area contributed by atoms with Gasteiger partial charge in [-0.25, -0.2) is 17.7 Å². The number of aryl methyl sites for hydroxylation is 4. The van der Waals surface area contributed by atoms with Gasteiger partial charge in [0.1, 0.15) is 5.82 Å². The molecule has 0 unspecified atom stereocenters. The Bertz CT molecular complexity index is 1140. The first-order valence-corrected chi connectivity index (χ1v) is 10.8. The van der Waals surface area contributed by atoms with Crippen LogP contribution in [0.15, 0.2) is 23.1 Å². The van der Waals surface area contributed by atoms with Gasteiger partial charge in [0.25, 0.3) is 0 Å². The molecule has 0 bridgehead atoms. The highest BCUT2D eigenvalue weighted by molar-refractivity contribution is 7.89. The van der Waals surface area contributed by atoms with Gasteiger partial charge in [0.2, 0.25) is 15.9 Å². The normalized spacial score (nSPS) is 12.1. The summed E-state index contributed by atoms with van der Waals surface area (Å²) in [5.41, 5.74) is 3.71. The fraction of sp³-hybridized carbons (Fsp3) is 0.421. The number of amides is 1. The second kappa shape index (κ2) is 7.96. The number of rotatable bonds is 7. The maximum atomic E-state index is 12.4. The quantitative estimate of drug-likeness (QED) is 0.611. The average Bonchev–Trinajstić information content (AvgIpc) is 3.19. The Kier molecular flexibility index (Phi) is 5.76. The molecule has 3 rings (SSSR count). The molecule has 0 atom stereocenters. The minimum absolute atomic E-state index is 0.122. The van der Waals surface area contributed by atoms with E-state index in [1.54, 1.807) is 18.2 Å². The van der Waals surface area contributed by atoms with E-state index in [9.17, 15) is 13.2 Å². The van der Waals surface area contributed by atoms with E-state index in [2.05, 4.69) is 20.5 Å². The molecule has 0 aliphatic heterocycles. The topological polar surface area (TPSA) is 113 Å². The summed E-state index contributed by atoms with van der Waals surface area (Å²) in [6.45, 7) is 6.35. The van der Waals surface area contributed by atoms with Crippen LogP contribution in [0.5, 0.6) is 0 Å². The lowest BCUT2D eigenvalue weighted by Crippen LogP contribution is -2.22. The van der Waals surface area contributed by atoms with Crippen LogP contribution in [-0.4, -0.2) is 52.5 Å². The van der Waals surface area contributed by atoms with E-state index < -0.39 is 10.0 Å². The van der Waals surface area contributed by atoms with E-state index in [0.717, 1.165) is 22.7 Å². The fourth-order valence-electron chi connectivity index (χ4n) is 3.24. The number of aromatic amines is 1. The van der Waals surface area contributed by atoms with E-state index in [4.69, 9.17) is 0 Å². The van der Waals surface area contributed by atoms with E-state index in [0.29, 0.717) is 24.2 Å². The Morgan fingerprint density at radius 2 is 2.00 bits per heavy atom. The third-order valence-corrected chi connectivity index (χ3v) is 6.67. The smallest absolute Gasteiger partial charge is 0.242 e. The van der Waals surface area contributed by atoms with Crippen molar-refractivity contribution < 1.29 is 13.2 Å². The summed E-state index contributed by atoms with van der Waals surface area (Å²) in [6.07, 6.45) is 0.705. The zero-order valence-corrected chi connectivity index (χ0v) is 18.1. The van der Waals surface area contributed by atoms with Gasteiger partial charge in [0.05, 0.1) is 33.0 Å². The number of benzene rings is 1. The molecule has 0 spiro atoms. The van der Waals surface area contributed by atoms with Crippen molar-refractivity contribution >= 4 is 32.7 Å². The number of hydrogen-bond donors (Lipinski definition) is 2. The Morgan fingerprint density at radius 3 is 2.59 bits per heavy atom. The zero-order valence-electron chi connectivity index (χ0n) is 17.3. The molecule has 156 valence electrons. The third-order valence-electron chi connectivity index (χ3n) is 4.86. The molecule has 0 saturated carbocycles. The van der Waals surface area contributed by atoms with Crippen LogP contribution in [0.3, 0.4) is 0 Å². The van der Waals surface area contributed by atoms with Gasteiger partial charge in [0.15, 0.2) is 0 Å². The van der Waals surface area contributed by atoms with Gasteiger partial charge in [-0.05, 0) is 39.0 Å². The Morgan fingerprint density at radius 1 is 1.28 bits per heavy atom. The molecule has 29 heavy (non-hydrogen) atoms. The monoisotopic (exact) mass is 418 g/mol. The van der Waals surface area contributed by atoms with Crippen LogP contribution < -0.4 is 5.32 Å². The minimum Gasteiger partial charge on any atom is -0.328 e. The second-order valence-corrected chi connectivity index (χ2v) is 9.22. The van der Waals surface area contributed by atoms with Crippen molar-refractivity contribution in [3.05, 3.63) is 35.4 Å². The number of anilines is 1. The maximum Gasteiger partial charge on any atom is 0.242 e. The van der Waals surface area contributed by atoms with Gasteiger partial charge in [0, 0.05) is 33.5 Å². The molecule has 3 aromatic rings. The standard InChI is InChI=1S/C19H26N6O3S/c1-6-25-16-8-7-14(29(27,28)24(4)5)11-15(16)20-17(25)9-10-18(26)21-19-12(2)22-23-13(19)3/h7-8,11H,6,9-10H2,1-5H3,(H,21,26)(H,22,23). The number of nitrogens with one attached hydrogen (secondary N) is 2. The van der Waals surface area contributed by atoms with Crippen molar-refractivity contribution in [2.45, 2.75) is 45.1 Å². The molecule has 2 N–H and O–H groups in total. The molecule has 9 nitrogen and oxygen atoms in total. The summed E-state index contributed by atoms with van der Waals surface area (Å²) < 4.78 is 28.0. The highest BCUT2D eigenvalue weighted by Gasteiger charge is 2.20. The van der Waals surface area contributed by atoms with Crippen molar-refractivity contribution in [1.29, 1.82) is 0 Å². The van der Waals surface area contributed by atoms with E-state index >= 15 is 0 Å². The lowest BCUT2D eigenvalue weighted by atomic mass is 10.2. The van der Waals surface area contributed by atoms with Crippen LogP contribution in [0.25, 0.3) is 11.0 Å². The molecule has 0 radical (unpaired) electrons. The number of H-pyrrole nitrogens is 1. The predicted octanol–water partition coefficient (Wildman–Crippen LogP) is 2.22. The van der Waals surface area contributed by atoms with Gasteiger partial charge in [-0.15, -0.1) is 0 Å². The molecule has 0 fully saturated rings. The number of carbonyl (C=O) groups is 1. The molecule has 0 saturated heterocycles. The van der Waals surface area contributed by atoms with Crippen LogP contribution in [0.1, 0.15) is 30.6 Å². The lowest BCUT2D eigenvalue weighted by Gasteiger charge is -2.11. The summed E-state index contributed by atoms with van der Waals surface area (Å²) in [5, 5.41) is 9.81. The van der Waals surface area contributed by atoms with E-state index in [1.165, 1.54) is 18.4 Å². The molecule has 1 aromatic carbocycles. The first-order chi connectivity index (χ1) is 13.6. The van der Waals surface area contributed by atoms with E-state index in [1.807, 2.05) is 25.3 Å². The highest BCUT2D eigenvalue weighted by atomic mass is 32.2. The molecule has 1 amide bonds. The van der Waals surface area contributed by atoms with Gasteiger partial charge in [-0.2, -0.15) is 5.10 Å². The van der Waals surface area contributed by atoms with Gasteiger partial charge in [-0.3, -0.25) is 9.89 Å². The molecular weight excluding hydrogens is 392 g/mol. The molecule has 10 heteroatoms. The van der Waals surface area contributed by atoms with Crippen LogP contribution >= 0.6 is 0 Å². The van der Waals surface area contributed by atoms with Crippen molar-refractivity contribution in [2.75, 3.05) is 19.4 Å². The molecule has 2 aromatic heterocycles. The average molecular weight is 419 g/mol. The summed E-state index contributed by atoms with van der Waals surface area (Å²) in [4.78, 5) is 17.2. The zero-order chi connectivity index (χ0) is 21.3. The van der Waals surface area contributed by atoms with Gasteiger partial charge < -0.3 is 9.88 Å². The Hall–Kier alpha value is -2.72. The second-order valence-electron chi connectivity index (χ2n) is 7.07. The van der Waals surface area contributed by atoms with Crippen LogP contribution in [0.4, 0.5) is 5.69 Å². The Labute approximate surface area is 170 Å². The van der Waals surface area contributed by atoms with E-state index in [-0.39, 0.29) is 17.2 Å². The Balaban J connectivity index is 1.83. The summed E-state index contributed by atoms with van der Waals surface area (Å²) in [6, 6.07) is 4.94. The summed E-state index contributed by atoms with van der Waals surface area (Å²) >= 11 is 0. The first-order valence-electron chi connectivity index (χ1n) is 9.38. The molecule has 0 aliphatic rings. The molecule has 0 aliphatic carbocycles. The SMILES string of the molecule is CCn1c(CCC(=O)Nc2c(C)n[nH]c2C)nc2cc(S(=O)(=O)N(C)C)ccc21. The van der Waals surface area contributed by atoms with Gasteiger partial charge in [-0.1, -0.05) is 0 Å². The summed E-state index contributed by atoms with van der Waals surface area (Å²) in [7, 11) is -0.535. The first kappa shape index (κ1) is 21.0. The lowest BCUT2D eigenvalue weighted by molar-refractivity contribution is -0.116. The highest BCUT2D eigenvalue weighted by Crippen LogP contribution is 2.23. The summed E-state index contributed by atoms with van der Waals surface area (Å²) in [5.74, 6) is 0.626. The van der Waals surface area contributed by atoms with Crippen molar-refractivity contribution in [3.63, 3.8) is 0 Å². The molecule has 2 heterocycles. The largest absolute Gasteiger partial charge is 0.328 e. The molecular formula is C19H26N6O3S. The number of hydrogen-bond acceptors (Lipinski definition) is 5. The number of imidazole rings is 1. The third kappa shape index (κ3) is 4.03. The van der Waals surface area contributed by atoms with Crippen molar-refractivity contribution in [1.82, 2.24) is 24.1 Å². The number of fused-ring (bicyclic) bond motifs is 1. The predicted molar refractivity (Wildman–Crippen MR) is 111 cm³/mol. The number of nitrogens with zero attached hydrogens (tertiary/aromatic N) is 4. The van der Waals surface area contributed by atoms with Crippen LogP contribution in [-0.2, 0) is 27.8 Å². The van der Waals surface area contributed by atoms with Crippen molar-refractivity contribution in [2.24, 2.45) is 0 Å².